The van der Waals surface area contributed by atoms with E-state index in [-0.39, 0.29) is 5.97 Å². The number of unbranched alkanes of at least 4 members (excludes halogenated alkanes) is 6. The van der Waals surface area contributed by atoms with Crippen LogP contribution >= 0.6 is 0 Å². The molecule has 0 aromatic heterocycles. The van der Waals surface area contributed by atoms with E-state index < -0.39 is 0 Å². The third-order valence-corrected chi connectivity index (χ3v) is 3.73. The maximum atomic E-state index is 11.6. The topological polar surface area (TPSA) is 26.3 Å². The van der Waals surface area contributed by atoms with E-state index >= 15 is 0 Å². The summed E-state index contributed by atoms with van der Waals surface area (Å²) in [6, 6.07) is 0. The van der Waals surface area contributed by atoms with Gasteiger partial charge in [0.25, 0.3) is 0 Å². The first-order chi connectivity index (χ1) is 11.1. The lowest BCUT2D eigenvalue weighted by atomic mass is 10.1. The van der Waals surface area contributed by atoms with Crippen molar-refractivity contribution in [3.05, 3.63) is 35.5 Å². The molecule has 0 bridgehead atoms. The molecule has 132 valence electrons. The first-order valence-electron chi connectivity index (χ1n) is 9.18. The molecule has 0 heterocycles. The van der Waals surface area contributed by atoms with Gasteiger partial charge in [-0.25, -0.2) is 4.79 Å². The number of allylic oxidation sites excluding steroid dienone is 4. The SMILES string of the molecule is CCCCCCCCC=CC(=O)OC/C=C(\C)CCC=C(C)C. The van der Waals surface area contributed by atoms with Gasteiger partial charge in [0.1, 0.15) is 6.61 Å². The molecule has 0 aromatic rings. The molecular formula is C21H36O2. The van der Waals surface area contributed by atoms with E-state index in [2.05, 4.69) is 33.8 Å². The number of carbonyl (C=O) groups is 1. The third kappa shape index (κ3) is 16.9. The van der Waals surface area contributed by atoms with Gasteiger partial charge < -0.3 is 4.74 Å². The lowest BCUT2D eigenvalue weighted by molar-refractivity contribution is -0.136. The average Bonchev–Trinajstić information content (AvgIpc) is 2.49. The summed E-state index contributed by atoms with van der Waals surface area (Å²) in [6.45, 7) is 8.91. The smallest absolute Gasteiger partial charge is 0.330 e. The van der Waals surface area contributed by atoms with Crippen LogP contribution in [-0.2, 0) is 9.53 Å². The molecule has 0 N–H and O–H groups in total. The van der Waals surface area contributed by atoms with Gasteiger partial charge >= 0.3 is 5.97 Å². The maximum Gasteiger partial charge on any atom is 0.330 e. The number of carbonyl (C=O) groups excluding carboxylic acids is 1. The molecule has 0 atom stereocenters. The lowest BCUT2D eigenvalue weighted by Gasteiger charge is -2.01. The Morgan fingerprint density at radius 3 is 2.30 bits per heavy atom. The highest BCUT2D eigenvalue weighted by atomic mass is 16.5. The molecule has 2 nitrogen and oxygen atoms in total. The first kappa shape index (κ1) is 21.7. The first-order valence-corrected chi connectivity index (χ1v) is 9.18. The minimum Gasteiger partial charge on any atom is -0.458 e. The normalized spacial score (nSPS) is 11.7. The highest BCUT2D eigenvalue weighted by molar-refractivity contribution is 5.81. The number of esters is 1. The second kappa shape index (κ2) is 15.6. The highest BCUT2D eigenvalue weighted by Crippen LogP contribution is 2.08. The van der Waals surface area contributed by atoms with Gasteiger partial charge in [-0.3, -0.25) is 0 Å². The van der Waals surface area contributed by atoms with Crippen LogP contribution in [0.3, 0.4) is 0 Å². The van der Waals surface area contributed by atoms with Crippen LogP contribution in [0.25, 0.3) is 0 Å². The summed E-state index contributed by atoms with van der Waals surface area (Å²) in [5, 5.41) is 0. The van der Waals surface area contributed by atoms with Crippen molar-refractivity contribution in [1.29, 1.82) is 0 Å². The van der Waals surface area contributed by atoms with Crippen LogP contribution in [0, 0.1) is 0 Å². The van der Waals surface area contributed by atoms with Crippen molar-refractivity contribution in [3.63, 3.8) is 0 Å². The molecule has 0 rings (SSSR count). The van der Waals surface area contributed by atoms with Crippen LogP contribution in [0.4, 0.5) is 0 Å². The monoisotopic (exact) mass is 320 g/mol. The Morgan fingerprint density at radius 1 is 0.913 bits per heavy atom. The molecule has 0 saturated heterocycles. The van der Waals surface area contributed by atoms with E-state index in [9.17, 15) is 4.79 Å². The molecule has 0 amide bonds. The van der Waals surface area contributed by atoms with Crippen molar-refractivity contribution in [2.24, 2.45) is 0 Å². The standard InChI is InChI=1S/C21H36O2/c1-5-6-7-8-9-10-11-12-16-21(22)23-18-17-20(4)15-13-14-19(2)3/h12,14,16-17H,5-11,13,15,18H2,1-4H3/b16-12?,20-17+. The summed E-state index contributed by atoms with van der Waals surface area (Å²) in [6.07, 6.45) is 18.5. The van der Waals surface area contributed by atoms with Gasteiger partial charge in [0, 0.05) is 6.08 Å². The maximum absolute atomic E-state index is 11.6. The molecule has 0 radical (unpaired) electrons. The van der Waals surface area contributed by atoms with Crippen LogP contribution < -0.4 is 0 Å². The van der Waals surface area contributed by atoms with E-state index in [1.807, 2.05) is 12.2 Å². The molecule has 0 spiro atoms. The van der Waals surface area contributed by atoms with E-state index in [0.29, 0.717) is 6.61 Å². The Kier molecular flexibility index (Phi) is 14.7. The van der Waals surface area contributed by atoms with Gasteiger partial charge in [-0.15, -0.1) is 0 Å². The Labute approximate surface area is 143 Å². The zero-order chi connectivity index (χ0) is 17.3. The van der Waals surface area contributed by atoms with Crippen LogP contribution in [0.5, 0.6) is 0 Å². The summed E-state index contributed by atoms with van der Waals surface area (Å²) >= 11 is 0. The van der Waals surface area contributed by atoms with Crippen LogP contribution in [0.2, 0.25) is 0 Å². The minimum atomic E-state index is -0.232. The fourth-order valence-corrected chi connectivity index (χ4v) is 2.23. The Bertz CT molecular complexity index is 385. The Hall–Kier alpha value is -1.31. The highest BCUT2D eigenvalue weighted by Gasteiger charge is 1.95. The summed E-state index contributed by atoms with van der Waals surface area (Å²) in [7, 11) is 0. The predicted octanol–water partition coefficient (Wildman–Crippen LogP) is 6.53. The van der Waals surface area contributed by atoms with Gasteiger partial charge in [-0.05, 0) is 52.5 Å². The van der Waals surface area contributed by atoms with Crippen molar-refractivity contribution >= 4 is 5.97 Å². The number of hydrogen-bond donors (Lipinski definition) is 0. The van der Waals surface area contributed by atoms with E-state index in [4.69, 9.17) is 4.74 Å². The number of rotatable bonds is 13. The lowest BCUT2D eigenvalue weighted by Crippen LogP contribution is -2.00. The van der Waals surface area contributed by atoms with Crippen LogP contribution in [0.1, 0.15) is 85.5 Å². The quantitative estimate of drug-likeness (QED) is 0.167. The number of hydrogen-bond acceptors (Lipinski definition) is 2. The molecule has 0 aliphatic rings. The molecule has 2 heteroatoms. The summed E-state index contributed by atoms with van der Waals surface area (Å²) in [5.41, 5.74) is 2.62. The van der Waals surface area contributed by atoms with Gasteiger partial charge in [0.2, 0.25) is 0 Å². The zero-order valence-electron chi connectivity index (χ0n) is 15.7. The van der Waals surface area contributed by atoms with E-state index in [1.54, 1.807) is 6.08 Å². The van der Waals surface area contributed by atoms with Gasteiger partial charge in [0.05, 0.1) is 0 Å². The number of ether oxygens (including phenoxy) is 1. The average molecular weight is 321 g/mol. The van der Waals surface area contributed by atoms with Crippen LogP contribution in [-0.4, -0.2) is 12.6 Å². The van der Waals surface area contributed by atoms with Gasteiger partial charge in [0.15, 0.2) is 0 Å². The second-order valence-electron chi connectivity index (χ2n) is 6.46. The fraction of sp³-hybridized carbons (Fsp3) is 0.667. The summed E-state index contributed by atoms with van der Waals surface area (Å²) in [4.78, 5) is 11.6. The molecule has 23 heavy (non-hydrogen) atoms. The summed E-state index contributed by atoms with van der Waals surface area (Å²) in [5.74, 6) is -0.232. The largest absolute Gasteiger partial charge is 0.458 e. The van der Waals surface area contributed by atoms with Crippen molar-refractivity contribution in [3.8, 4) is 0 Å². The molecule has 0 unspecified atom stereocenters. The van der Waals surface area contributed by atoms with Crippen molar-refractivity contribution in [1.82, 2.24) is 0 Å². The minimum absolute atomic E-state index is 0.232. The fourth-order valence-electron chi connectivity index (χ4n) is 2.23. The Morgan fingerprint density at radius 2 is 1.61 bits per heavy atom. The predicted molar refractivity (Wildman–Crippen MR) is 101 cm³/mol. The molecule has 0 saturated carbocycles. The van der Waals surface area contributed by atoms with Crippen molar-refractivity contribution in [2.75, 3.05) is 6.61 Å². The second-order valence-corrected chi connectivity index (χ2v) is 6.46. The Balaban J connectivity index is 3.65. The van der Waals surface area contributed by atoms with Gasteiger partial charge in [-0.1, -0.05) is 62.3 Å². The van der Waals surface area contributed by atoms with E-state index in [1.165, 1.54) is 43.3 Å². The third-order valence-electron chi connectivity index (χ3n) is 3.73. The van der Waals surface area contributed by atoms with Gasteiger partial charge in [-0.2, -0.15) is 0 Å². The molecule has 0 aliphatic heterocycles. The molecule has 0 aliphatic carbocycles. The van der Waals surface area contributed by atoms with E-state index in [0.717, 1.165) is 25.7 Å². The zero-order valence-corrected chi connectivity index (χ0v) is 15.7. The molecular weight excluding hydrogens is 284 g/mol. The molecule has 0 fully saturated rings. The summed E-state index contributed by atoms with van der Waals surface area (Å²) < 4.78 is 5.18. The molecule has 0 aromatic carbocycles. The van der Waals surface area contributed by atoms with Crippen molar-refractivity contribution in [2.45, 2.75) is 85.5 Å². The van der Waals surface area contributed by atoms with Crippen molar-refractivity contribution < 1.29 is 9.53 Å². The van der Waals surface area contributed by atoms with Crippen LogP contribution in [0.15, 0.2) is 35.5 Å².